The second kappa shape index (κ2) is 7.18. The zero-order chi connectivity index (χ0) is 19.8. The fraction of sp³-hybridized carbons (Fsp3) is 0.217. The van der Waals surface area contributed by atoms with Crippen LogP contribution in [0.15, 0.2) is 71.3 Å². The Bertz CT molecular complexity index is 1060. The van der Waals surface area contributed by atoms with Crippen LogP contribution in [0, 0.1) is 18.3 Å². The van der Waals surface area contributed by atoms with Crippen LogP contribution >= 0.6 is 11.6 Å². The van der Waals surface area contributed by atoms with Crippen molar-refractivity contribution in [1.82, 2.24) is 0 Å². The van der Waals surface area contributed by atoms with Gasteiger partial charge >= 0.3 is 0 Å². The smallest absolute Gasteiger partial charge is 0.205 e. The lowest BCUT2D eigenvalue weighted by atomic mass is 9.73. The molecular weight excluding hydrogens is 372 g/mol. The minimum atomic E-state index is -0.589. The molecule has 28 heavy (non-hydrogen) atoms. The molecule has 0 bridgehead atoms. The van der Waals surface area contributed by atoms with E-state index in [4.69, 9.17) is 22.1 Å². The van der Waals surface area contributed by atoms with Crippen molar-refractivity contribution in [2.45, 2.75) is 31.6 Å². The quantitative estimate of drug-likeness (QED) is 0.794. The summed E-state index contributed by atoms with van der Waals surface area (Å²) in [6.45, 7) is 2.03. The van der Waals surface area contributed by atoms with Crippen molar-refractivity contribution in [3.8, 4) is 6.07 Å². The molecular formula is C23H19ClN2O2. The number of hydrogen-bond acceptors (Lipinski definition) is 4. The number of rotatable bonds is 2. The van der Waals surface area contributed by atoms with Gasteiger partial charge in [0.1, 0.15) is 17.4 Å². The summed E-state index contributed by atoms with van der Waals surface area (Å²) in [5.41, 5.74) is 9.76. The lowest BCUT2D eigenvalue weighted by Gasteiger charge is -2.34. The number of carbonyl (C=O) groups is 1. The van der Waals surface area contributed by atoms with E-state index in [1.807, 2.05) is 49.4 Å². The van der Waals surface area contributed by atoms with Crippen molar-refractivity contribution in [2.24, 2.45) is 5.73 Å². The summed E-state index contributed by atoms with van der Waals surface area (Å²) in [4.78, 5) is 13.2. The molecule has 1 heterocycles. The highest BCUT2D eigenvalue weighted by Gasteiger charge is 2.41. The topological polar surface area (TPSA) is 76.1 Å². The van der Waals surface area contributed by atoms with Crippen molar-refractivity contribution in [3.05, 3.63) is 93.0 Å². The molecule has 0 spiro atoms. The number of hydrogen-bond donors (Lipinski definition) is 1. The number of nitrogens with zero attached hydrogens (tertiary/aromatic N) is 1. The Labute approximate surface area is 168 Å². The van der Waals surface area contributed by atoms with Gasteiger partial charge < -0.3 is 10.5 Å². The van der Waals surface area contributed by atoms with Gasteiger partial charge in [0.05, 0.1) is 5.92 Å². The second-order valence-electron chi connectivity index (χ2n) is 7.22. The number of nitrogens with two attached hydrogens (primary N) is 1. The summed E-state index contributed by atoms with van der Waals surface area (Å²) in [5.74, 6) is -0.00661. The molecule has 2 N–H and O–H groups in total. The molecule has 2 aliphatic rings. The highest BCUT2D eigenvalue weighted by atomic mass is 35.5. The van der Waals surface area contributed by atoms with E-state index >= 15 is 0 Å². The normalized spacial score (nSPS) is 21.8. The maximum atomic E-state index is 13.2. The van der Waals surface area contributed by atoms with Crippen LogP contribution in [0.25, 0.3) is 0 Å². The van der Waals surface area contributed by atoms with Gasteiger partial charge in [-0.1, -0.05) is 59.6 Å². The van der Waals surface area contributed by atoms with Gasteiger partial charge in [-0.15, -0.1) is 0 Å². The number of ketones is 1. The zero-order valence-electron chi connectivity index (χ0n) is 15.4. The van der Waals surface area contributed by atoms with Crippen LogP contribution < -0.4 is 5.73 Å². The number of benzene rings is 2. The van der Waals surface area contributed by atoms with Gasteiger partial charge in [0.2, 0.25) is 5.88 Å². The van der Waals surface area contributed by atoms with E-state index in [9.17, 15) is 10.1 Å². The predicted octanol–water partition coefficient (Wildman–Crippen LogP) is 4.86. The summed E-state index contributed by atoms with van der Waals surface area (Å²) >= 11 is 6.40. The van der Waals surface area contributed by atoms with E-state index in [-0.39, 0.29) is 23.2 Å². The number of nitriles is 1. The molecule has 140 valence electrons. The van der Waals surface area contributed by atoms with Crippen molar-refractivity contribution in [3.63, 3.8) is 0 Å². The zero-order valence-corrected chi connectivity index (χ0v) is 16.2. The van der Waals surface area contributed by atoms with E-state index in [2.05, 4.69) is 6.07 Å². The molecule has 4 rings (SSSR count). The van der Waals surface area contributed by atoms with Gasteiger partial charge in [0.25, 0.3) is 0 Å². The number of ether oxygens (including phenoxy) is 1. The Morgan fingerprint density at radius 2 is 1.86 bits per heavy atom. The first-order valence-electron chi connectivity index (χ1n) is 9.14. The second-order valence-corrected chi connectivity index (χ2v) is 7.63. The number of halogens is 1. The minimum Gasteiger partial charge on any atom is -0.444 e. The third-order valence-corrected chi connectivity index (χ3v) is 5.77. The Balaban J connectivity index is 1.80. The largest absolute Gasteiger partial charge is 0.444 e. The highest BCUT2D eigenvalue weighted by molar-refractivity contribution is 6.31. The van der Waals surface area contributed by atoms with Crippen LogP contribution in [-0.4, -0.2) is 5.78 Å². The van der Waals surface area contributed by atoms with Gasteiger partial charge in [0.15, 0.2) is 5.78 Å². The molecule has 1 aliphatic carbocycles. The van der Waals surface area contributed by atoms with E-state index in [1.54, 1.807) is 6.07 Å². The Hall–Kier alpha value is -3.03. The lowest BCUT2D eigenvalue weighted by molar-refractivity contribution is -0.117. The Kier molecular flexibility index (Phi) is 4.70. The molecule has 0 fully saturated rings. The van der Waals surface area contributed by atoms with Gasteiger partial charge in [-0.2, -0.15) is 5.26 Å². The highest BCUT2D eigenvalue weighted by Crippen LogP contribution is 2.47. The predicted molar refractivity (Wildman–Crippen MR) is 107 cm³/mol. The van der Waals surface area contributed by atoms with Crippen LogP contribution in [0.2, 0.25) is 5.02 Å². The molecule has 2 aromatic rings. The SMILES string of the molecule is Cc1ccc([C@@H]2CC(=O)C3=C(C2)OC(N)=C(C#N)[C@H]3c2ccccc2Cl)cc1. The molecule has 0 radical (unpaired) electrons. The van der Waals surface area contributed by atoms with Crippen LogP contribution in [0.1, 0.15) is 41.4 Å². The first-order valence-corrected chi connectivity index (χ1v) is 9.52. The summed E-state index contributed by atoms with van der Waals surface area (Å²) in [6.07, 6.45) is 0.926. The first kappa shape index (κ1) is 18.3. The summed E-state index contributed by atoms with van der Waals surface area (Å²) < 4.78 is 5.78. The molecule has 2 aromatic carbocycles. The van der Waals surface area contributed by atoms with Crippen molar-refractivity contribution in [2.75, 3.05) is 0 Å². The van der Waals surface area contributed by atoms with Gasteiger partial charge in [-0.25, -0.2) is 0 Å². The fourth-order valence-corrected chi connectivity index (χ4v) is 4.25. The number of aryl methyl sites for hydroxylation is 1. The third kappa shape index (κ3) is 3.08. The lowest BCUT2D eigenvalue weighted by Crippen LogP contribution is -2.30. The Morgan fingerprint density at radius 3 is 2.54 bits per heavy atom. The van der Waals surface area contributed by atoms with Crippen molar-refractivity contribution in [1.29, 1.82) is 5.26 Å². The summed E-state index contributed by atoms with van der Waals surface area (Å²) in [6, 6.07) is 17.5. The molecule has 0 unspecified atom stereocenters. The average Bonchev–Trinajstić information content (AvgIpc) is 2.68. The van der Waals surface area contributed by atoms with Crippen LogP contribution in [0.4, 0.5) is 0 Å². The maximum Gasteiger partial charge on any atom is 0.205 e. The van der Waals surface area contributed by atoms with Crippen molar-refractivity contribution >= 4 is 17.4 Å². The molecule has 4 nitrogen and oxygen atoms in total. The number of allylic oxidation sites excluding steroid dienone is 3. The third-order valence-electron chi connectivity index (χ3n) is 5.43. The molecule has 0 saturated heterocycles. The van der Waals surface area contributed by atoms with Gasteiger partial charge in [-0.3, -0.25) is 4.79 Å². The van der Waals surface area contributed by atoms with Crippen molar-refractivity contribution < 1.29 is 9.53 Å². The number of Topliss-reactive ketones (excluding diaryl/α,β-unsaturated/α-hetero) is 1. The van der Waals surface area contributed by atoms with E-state index in [0.717, 1.165) is 5.56 Å². The minimum absolute atomic E-state index is 0.0233. The summed E-state index contributed by atoms with van der Waals surface area (Å²) in [5, 5.41) is 10.2. The van der Waals surface area contributed by atoms with E-state index in [0.29, 0.717) is 34.8 Å². The molecule has 0 amide bonds. The summed E-state index contributed by atoms with van der Waals surface area (Å²) in [7, 11) is 0. The van der Waals surface area contributed by atoms with E-state index in [1.165, 1.54) is 5.56 Å². The molecule has 1 aliphatic heterocycles. The maximum absolute atomic E-state index is 13.2. The molecule has 0 aromatic heterocycles. The Morgan fingerprint density at radius 1 is 1.14 bits per heavy atom. The first-order chi connectivity index (χ1) is 13.5. The fourth-order valence-electron chi connectivity index (χ4n) is 4.00. The van der Waals surface area contributed by atoms with Crippen LogP contribution in [0.3, 0.4) is 0 Å². The van der Waals surface area contributed by atoms with E-state index < -0.39 is 5.92 Å². The van der Waals surface area contributed by atoms with Crippen LogP contribution in [-0.2, 0) is 9.53 Å². The average molecular weight is 391 g/mol. The van der Waals surface area contributed by atoms with Gasteiger partial charge in [-0.05, 0) is 30.0 Å². The van der Waals surface area contributed by atoms with Crippen LogP contribution in [0.5, 0.6) is 0 Å². The van der Waals surface area contributed by atoms with Gasteiger partial charge in [0, 0.05) is 23.4 Å². The molecule has 0 saturated carbocycles. The monoisotopic (exact) mass is 390 g/mol. The molecule has 5 heteroatoms. The number of carbonyl (C=O) groups excluding carboxylic acids is 1. The molecule has 2 atom stereocenters. The standard InChI is InChI=1S/C23H19ClN2O2/c1-13-6-8-14(9-7-13)15-10-19(27)22-20(11-15)28-23(26)17(12-25)21(22)16-4-2-3-5-18(16)24/h2-9,15,21H,10-11,26H2,1H3/t15-,21-/m1/s1.